The standard InChI is InChI=1S/C22H31N3O/c1-2-25-18-21(16-23-25)17-24-11-9-22(10-12-24)15-20(8-13-26-22)14-19-6-4-3-5-7-19/h3-7,16,18,20H,2,8-15,17H2,1H3. The van der Waals surface area contributed by atoms with E-state index in [9.17, 15) is 0 Å². The summed E-state index contributed by atoms with van der Waals surface area (Å²) in [6.07, 6.45) is 10.2. The Balaban J connectivity index is 1.31. The first-order valence-electron chi connectivity index (χ1n) is 10.2. The number of aromatic nitrogens is 2. The second-order valence-corrected chi connectivity index (χ2v) is 8.06. The first-order chi connectivity index (χ1) is 12.7. The highest BCUT2D eigenvalue weighted by Crippen LogP contribution is 2.39. The van der Waals surface area contributed by atoms with Crippen LogP contribution in [0.1, 0.15) is 43.7 Å². The fraction of sp³-hybridized carbons (Fsp3) is 0.591. The third-order valence-electron chi connectivity index (χ3n) is 6.15. The zero-order valence-electron chi connectivity index (χ0n) is 15.9. The van der Waals surface area contributed by atoms with Gasteiger partial charge in [-0.25, -0.2) is 0 Å². The van der Waals surface area contributed by atoms with Gasteiger partial charge in [0.2, 0.25) is 0 Å². The van der Waals surface area contributed by atoms with Crippen LogP contribution >= 0.6 is 0 Å². The van der Waals surface area contributed by atoms with Crippen molar-refractivity contribution in [1.82, 2.24) is 14.7 Å². The van der Waals surface area contributed by atoms with E-state index in [1.165, 1.54) is 43.2 Å². The highest BCUT2D eigenvalue weighted by molar-refractivity contribution is 5.15. The number of ether oxygens (including phenoxy) is 1. The molecule has 1 spiro atoms. The minimum Gasteiger partial charge on any atom is -0.375 e. The van der Waals surface area contributed by atoms with Crippen LogP contribution in [0.5, 0.6) is 0 Å². The minimum absolute atomic E-state index is 0.127. The SMILES string of the molecule is CCn1cc(CN2CCC3(CC2)CC(Cc2ccccc2)CCO3)cn1. The van der Waals surface area contributed by atoms with Gasteiger partial charge in [0.1, 0.15) is 0 Å². The molecule has 4 nitrogen and oxygen atoms in total. The van der Waals surface area contributed by atoms with Crippen LogP contribution in [0, 0.1) is 5.92 Å². The molecule has 1 aromatic heterocycles. The van der Waals surface area contributed by atoms with Crippen molar-refractivity contribution in [3.8, 4) is 0 Å². The molecule has 4 heteroatoms. The molecule has 0 radical (unpaired) electrons. The number of aryl methyl sites for hydroxylation is 1. The molecule has 0 bridgehead atoms. The summed E-state index contributed by atoms with van der Waals surface area (Å²) in [5.41, 5.74) is 2.93. The van der Waals surface area contributed by atoms with Crippen LogP contribution in [-0.4, -0.2) is 40.0 Å². The summed E-state index contributed by atoms with van der Waals surface area (Å²) in [7, 11) is 0. The zero-order chi connectivity index (χ0) is 17.8. The van der Waals surface area contributed by atoms with Crippen LogP contribution in [0.25, 0.3) is 0 Å². The molecule has 0 aliphatic carbocycles. The van der Waals surface area contributed by atoms with Crippen LogP contribution in [0.4, 0.5) is 0 Å². The second-order valence-electron chi connectivity index (χ2n) is 8.06. The molecule has 0 saturated carbocycles. The summed E-state index contributed by atoms with van der Waals surface area (Å²) in [4.78, 5) is 2.56. The van der Waals surface area contributed by atoms with Gasteiger partial charge in [-0.15, -0.1) is 0 Å². The maximum Gasteiger partial charge on any atom is 0.0709 e. The fourth-order valence-corrected chi connectivity index (χ4v) is 4.64. The molecule has 4 rings (SSSR count). The molecule has 2 aliphatic rings. The topological polar surface area (TPSA) is 30.3 Å². The molecule has 1 unspecified atom stereocenters. The predicted molar refractivity (Wildman–Crippen MR) is 104 cm³/mol. The lowest BCUT2D eigenvalue weighted by Gasteiger charge is -2.46. The maximum atomic E-state index is 6.35. The number of likely N-dealkylation sites (tertiary alicyclic amines) is 1. The van der Waals surface area contributed by atoms with Crippen molar-refractivity contribution in [2.75, 3.05) is 19.7 Å². The van der Waals surface area contributed by atoms with Crippen molar-refractivity contribution in [2.45, 2.75) is 57.7 Å². The number of rotatable bonds is 5. The van der Waals surface area contributed by atoms with Crippen LogP contribution < -0.4 is 0 Å². The van der Waals surface area contributed by atoms with E-state index in [2.05, 4.69) is 53.5 Å². The van der Waals surface area contributed by atoms with Gasteiger partial charge in [-0.2, -0.15) is 5.10 Å². The van der Waals surface area contributed by atoms with Crippen LogP contribution in [0.2, 0.25) is 0 Å². The van der Waals surface area contributed by atoms with E-state index < -0.39 is 0 Å². The summed E-state index contributed by atoms with van der Waals surface area (Å²) < 4.78 is 8.36. The lowest BCUT2D eigenvalue weighted by atomic mass is 9.77. The van der Waals surface area contributed by atoms with E-state index in [1.54, 1.807) is 0 Å². The molecule has 1 atom stereocenters. The molecule has 2 aliphatic heterocycles. The lowest BCUT2D eigenvalue weighted by Crippen LogP contribution is -2.49. The van der Waals surface area contributed by atoms with Crippen molar-refractivity contribution >= 4 is 0 Å². The molecule has 3 heterocycles. The van der Waals surface area contributed by atoms with E-state index in [4.69, 9.17) is 4.74 Å². The average Bonchev–Trinajstić information content (AvgIpc) is 3.13. The van der Waals surface area contributed by atoms with Crippen molar-refractivity contribution < 1.29 is 4.74 Å². The van der Waals surface area contributed by atoms with Crippen molar-refractivity contribution in [2.24, 2.45) is 5.92 Å². The van der Waals surface area contributed by atoms with Gasteiger partial charge >= 0.3 is 0 Å². The van der Waals surface area contributed by atoms with E-state index >= 15 is 0 Å². The third kappa shape index (κ3) is 4.18. The minimum atomic E-state index is 0.127. The van der Waals surface area contributed by atoms with Gasteiger partial charge in [-0.05, 0) is 50.5 Å². The van der Waals surface area contributed by atoms with E-state index in [1.807, 2.05) is 10.9 Å². The van der Waals surface area contributed by atoms with Gasteiger partial charge in [0.05, 0.1) is 11.8 Å². The lowest BCUT2D eigenvalue weighted by molar-refractivity contribution is -0.127. The van der Waals surface area contributed by atoms with E-state index in [-0.39, 0.29) is 5.60 Å². The Morgan fingerprint density at radius 2 is 1.96 bits per heavy atom. The molecule has 26 heavy (non-hydrogen) atoms. The molecule has 0 N–H and O–H groups in total. The van der Waals surface area contributed by atoms with Crippen LogP contribution in [0.3, 0.4) is 0 Å². The molecule has 140 valence electrons. The zero-order valence-corrected chi connectivity index (χ0v) is 15.9. The first kappa shape index (κ1) is 17.7. The summed E-state index contributed by atoms with van der Waals surface area (Å²) in [5, 5.41) is 4.40. The number of hydrogen-bond donors (Lipinski definition) is 0. The van der Waals surface area contributed by atoms with Crippen molar-refractivity contribution in [3.05, 3.63) is 53.9 Å². The van der Waals surface area contributed by atoms with Crippen LogP contribution in [0.15, 0.2) is 42.7 Å². The molecular formula is C22H31N3O. The fourth-order valence-electron chi connectivity index (χ4n) is 4.64. The van der Waals surface area contributed by atoms with Gasteiger partial charge in [-0.3, -0.25) is 9.58 Å². The molecule has 1 aromatic carbocycles. The Morgan fingerprint density at radius 1 is 1.15 bits per heavy atom. The molecule has 2 aromatic rings. The van der Waals surface area contributed by atoms with Gasteiger partial charge in [0.25, 0.3) is 0 Å². The number of hydrogen-bond acceptors (Lipinski definition) is 3. The Hall–Kier alpha value is -1.65. The Labute approximate surface area is 157 Å². The van der Waals surface area contributed by atoms with Crippen LogP contribution in [-0.2, 0) is 24.2 Å². The summed E-state index contributed by atoms with van der Waals surface area (Å²) >= 11 is 0. The number of benzene rings is 1. The van der Waals surface area contributed by atoms with Crippen molar-refractivity contribution in [3.63, 3.8) is 0 Å². The number of nitrogens with zero attached hydrogens (tertiary/aromatic N) is 3. The van der Waals surface area contributed by atoms with Gasteiger partial charge in [0.15, 0.2) is 0 Å². The van der Waals surface area contributed by atoms with Gasteiger partial charge in [-0.1, -0.05) is 30.3 Å². The first-order valence-corrected chi connectivity index (χ1v) is 10.2. The largest absolute Gasteiger partial charge is 0.375 e. The quantitative estimate of drug-likeness (QED) is 0.816. The molecule has 0 amide bonds. The molecule has 2 saturated heterocycles. The van der Waals surface area contributed by atoms with E-state index in [0.717, 1.165) is 38.7 Å². The Bertz CT molecular complexity index is 688. The highest BCUT2D eigenvalue weighted by Gasteiger charge is 2.40. The summed E-state index contributed by atoms with van der Waals surface area (Å²) in [6.45, 7) is 7.29. The number of piperidine rings is 1. The van der Waals surface area contributed by atoms with Gasteiger partial charge < -0.3 is 4.74 Å². The Kier molecular flexibility index (Phi) is 5.41. The predicted octanol–water partition coefficient (Wildman–Crippen LogP) is 3.91. The maximum absolute atomic E-state index is 6.35. The monoisotopic (exact) mass is 353 g/mol. The normalized spacial score (nSPS) is 23.3. The van der Waals surface area contributed by atoms with E-state index in [0.29, 0.717) is 0 Å². The smallest absolute Gasteiger partial charge is 0.0709 e. The highest BCUT2D eigenvalue weighted by atomic mass is 16.5. The second kappa shape index (κ2) is 7.93. The molecular weight excluding hydrogens is 322 g/mol. The summed E-state index contributed by atoms with van der Waals surface area (Å²) in [5.74, 6) is 0.764. The molecule has 2 fully saturated rings. The average molecular weight is 354 g/mol. The van der Waals surface area contributed by atoms with Crippen molar-refractivity contribution in [1.29, 1.82) is 0 Å². The third-order valence-corrected chi connectivity index (χ3v) is 6.15. The Morgan fingerprint density at radius 3 is 2.69 bits per heavy atom. The summed E-state index contributed by atoms with van der Waals surface area (Å²) in [6, 6.07) is 10.9. The van der Waals surface area contributed by atoms with Gasteiger partial charge in [0, 0.05) is 44.5 Å².